The summed E-state index contributed by atoms with van der Waals surface area (Å²) in [5.74, 6) is 0.619. The third kappa shape index (κ3) is 5.15. The van der Waals surface area contributed by atoms with Crippen molar-refractivity contribution in [2.45, 2.75) is 0 Å². The van der Waals surface area contributed by atoms with Crippen LogP contribution in [0.1, 0.15) is 11.1 Å². The minimum atomic E-state index is -1.14. The zero-order valence-electron chi connectivity index (χ0n) is 19.1. The van der Waals surface area contributed by atoms with E-state index in [2.05, 4.69) is 0 Å². The van der Waals surface area contributed by atoms with E-state index in [4.69, 9.17) is 28.8 Å². The molecule has 0 atom stereocenters. The number of allylic oxidation sites excluding steroid dienone is 1. The smallest absolute Gasteiger partial charge is 0.341 e. The maximum atomic E-state index is 11.7. The van der Waals surface area contributed by atoms with Crippen LogP contribution in [0.5, 0.6) is 28.7 Å². The number of rotatable bonds is 11. The molecule has 1 aromatic heterocycles. The van der Waals surface area contributed by atoms with Crippen molar-refractivity contribution >= 4 is 29.2 Å². The molecule has 178 valence electrons. The number of thiophene rings is 1. The Morgan fingerprint density at radius 1 is 0.941 bits per heavy atom. The van der Waals surface area contributed by atoms with Crippen molar-refractivity contribution in [3.8, 4) is 39.2 Å². The molecule has 9 heteroatoms. The van der Waals surface area contributed by atoms with Crippen LogP contribution < -0.4 is 23.7 Å². The molecular formula is C25H24O8S. The summed E-state index contributed by atoms with van der Waals surface area (Å²) in [6.07, 6.45) is 2.09. The minimum Gasteiger partial charge on any atom is -0.496 e. The number of ether oxygens (including phenoxy) is 5. The van der Waals surface area contributed by atoms with Gasteiger partial charge in [0.05, 0.1) is 28.4 Å². The Labute approximate surface area is 200 Å². The number of methoxy groups -OCH3 is 4. The number of aliphatic carboxylic acids is 1. The summed E-state index contributed by atoms with van der Waals surface area (Å²) in [4.78, 5) is 23.6. The molecule has 1 heterocycles. The van der Waals surface area contributed by atoms with E-state index >= 15 is 0 Å². The molecule has 0 radical (unpaired) electrons. The van der Waals surface area contributed by atoms with Gasteiger partial charge >= 0.3 is 5.97 Å². The van der Waals surface area contributed by atoms with E-state index in [0.29, 0.717) is 34.5 Å². The van der Waals surface area contributed by atoms with Gasteiger partial charge in [-0.15, -0.1) is 11.3 Å². The minimum absolute atomic E-state index is 0.141. The normalized spacial score (nSPS) is 11.0. The van der Waals surface area contributed by atoms with Crippen molar-refractivity contribution < 1.29 is 38.4 Å². The second-order valence-corrected chi connectivity index (χ2v) is 7.79. The summed E-state index contributed by atoms with van der Waals surface area (Å²) >= 11 is 1.56. The van der Waals surface area contributed by atoms with Gasteiger partial charge in [0.1, 0.15) is 17.8 Å². The van der Waals surface area contributed by atoms with Crippen molar-refractivity contribution in [3.05, 3.63) is 59.0 Å². The molecule has 34 heavy (non-hydrogen) atoms. The lowest BCUT2D eigenvalue weighted by molar-refractivity contribution is -0.139. The molecule has 0 aliphatic heterocycles. The summed E-state index contributed by atoms with van der Waals surface area (Å²) in [5.41, 5.74) is 2.59. The Morgan fingerprint density at radius 2 is 1.59 bits per heavy atom. The van der Waals surface area contributed by atoms with Crippen LogP contribution >= 0.6 is 11.3 Å². The van der Waals surface area contributed by atoms with Gasteiger partial charge < -0.3 is 28.8 Å². The molecule has 0 unspecified atom stereocenters. The summed E-state index contributed by atoms with van der Waals surface area (Å²) in [5, 5.41) is 11.0. The maximum Gasteiger partial charge on any atom is 0.341 e. The first-order valence-corrected chi connectivity index (χ1v) is 10.9. The fourth-order valence-electron chi connectivity index (χ4n) is 3.45. The third-order valence-electron chi connectivity index (χ3n) is 4.94. The van der Waals surface area contributed by atoms with Gasteiger partial charge in [0.2, 0.25) is 5.75 Å². The van der Waals surface area contributed by atoms with E-state index in [-0.39, 0.29) is 17.2 Å². The van der Waals surface area contributed by atoms with Gasteiger partial charge in [-0.3, -0.25) is 4.79 Å². The van der Waals surface area contributed by atoms with Crippen LogP contribution in [0.25, 0.3) is 16.0 Å². The highest BCUT2D eigenvalue weighted by Crippen LogP contribution is 2.45. The number of aldehydes is 1. The molecular weight excluding hydrogens is 460 g/mol. The molecule has 0 amide bonds. The summed E-state index contributed by atoms with van der Waals surface area (Å²) in [6.45, 7) is -0.570. The molecule has 3 rings (SSSR count). The third-order valence-corrected chi connectivity index (χ3v) is 5.85. The molecule has 0 aliphatic carbocycles. The van der Waals surface area contributed by atoms with Gasteiger partial charge in [0.25, 0.3) is 0 Å². The number of hydrogen-bond donors (Lipinski definition) is 1. The van der Waals surface area contributed by atoms with Crippen LogP contribution in [0.4, 0.5) is 0 Å². The lowest BCUT2D eigenvalue weighted by Crippen LogP contribution is -2.11. The van der Waals surface area contributed by atoms with Crippen LogP contribution in [0.3, 0.4) is 0 Å². The molecule has 0 fully saturated rings. The van der Waals surface area contributed by atoms with Crippen LogP contribution in [-0.2, 0) is 9.59 Å². The predicted octanol–water partition coefficient (Wildman–Crippen LogP) is 4.54. The molecule has 8 nitrogen and oxygen atoms in total. The van der Waals surface area contributed by atoms with Crippen molar-refractivity contribution in [2.24, 2.45) is 0 Å². The van der Waals surface area contributed by atoms with Crippen LogP contribution in [0.15, 0.2) is 47.9 Å². The van der Waals surface area contributed by atoms with Gasteiger partial charge in [-0.1, -0.05) is 6.07 Å². The first kappa shape index (κ1) is 24.7. The average Bonchev–Trinajstić information content (AvgIpc) is 3.39. The molecule has 3 aromatic rings. The van der Waals surface area contributed by atoms with E-state index in [1.165, 1.54) is 27.4 Å². The van der Waals surface area contributed by atoms with E-state index in [1.54, 1.807) is 36.6 Å². The van der Waals surface area contributed by atoms with Gasteiger partial charge in [-0.25, -0.2) is 4.79 Å². The standard InChI is InChI=1S/C25H24O8S/c1-29-19-13-20(30-2)18(23-6-5-9-34-23)12-17(19)16(7-8-26)15-10-21(31-3)25(22(11-15)32-4)33-14-24(27)28/h5-13H,14H2,1-4H3,(H,27,28). The lowest BCUT2D eigenvalue weighted by Gasteiger charge is -2.19. The molecule has 0 spiro atoms. The van der Waals surface area contributed by atoms with Gasteiger partial charge in [-0.2, -0.15) is 0 Å². The Hall–Kier alpha value is -3.98. The fourth-order valence-corrected chi connectivity index (χ4v) is 4.20. The number of carbonyl (C=O) groups is 2. The number of carboxylic acids is 1. The van der Waals surface area contributed by atoms with Gasteiger partial charge in [-0.05, 0) is 46.9 Å². The maximum absolute atomic E-state index is 11.7. The van der Waals surface area contributed by atoms with Crippen LogP contribution in [0, 0.1) is 0 Å². The van der Waals surface area contributed by atoms with Crippen LogP contribution in [-0.4, -0.2) is 52.4 Å². The monoisotopic (exact) mass is 484 g/mol. The number of benzene rings is 2. The molecule has 2 aromatic carbocycles. The van der Waals surface area contributed by atoms with E-state index in [9.17, 15) is 9.59 Å². The van der Waals surface area contributed by atoms with Crippen molar-refractivity contribution in [1.82, 2.24) is 0 Å². The summed E-state index contributed by atoms with van der Waals surface area (Å²) < 4.78 is 27.5. The van der Waals surface area contributed by atoms with E-state index < -0.39 is 12.6 Å². The zero-order valence-corrected chi connectivity index (χ0v) is 19.9. The highest BCUT2D eigenvalue weighted by molar-refractivity contribution is 7.13. The van der Waals surface area contributed by atoms with E-state index in [0.717, 1.165) is 10.4 Å². The highest BCUT2D eigenvalue weighted by Gasteiger charge is 2.21. The van der Waals surface area contributed by atoms with Gasteiger partial charge in [0.15, 0.2) is 18.1 Å². The Bertz CT molecular complexity index is 1170. The Balaban J connectivity index is 2.23. The first-order chi connectivity index (χ1) is 16.5. The van der Waals surface area contributed by atoms with Crippen LogP contribution in [0.2, 0.25) is 0 Å². The molecule has 1 N–H and O–H groups in total. The predicted molar refractivity (Wildman–Crippen MR) is 129 cm³/mol. The van der Waals surface area contributed by atoms with E-state index in [1.807, 2.05) is 23.6 Å². The summed E-state index contributed by atoms with van der Waals surface area (Å²) in [6, 6.07) is 10.9. The second kappa shape index (κ2) is 11.2. The summed E-state index contributed by atoms with van der Waals surface area (Å²) in [7, 11) is 5.97. The Morgan fingerprint density at radius 3 is 2.09 bits per heavy atom. The van der Waals surface area contributed by atoms with Crippen molar-refractivity contribution in [3.63, 3.8) is 0 Å². The molecule has 0 bridgehead atoms. The SMILES string of the molecule is COc1cc(OC)c(-c2cccs2)cc1C(=CC=O)c1cc(OC)c(OCC(=O)O)c(OC)c1. The zero-order chi connectivity index (χ0) is 24.7. The number of hydrogen-bond acceptors (Lipinski definition) is 8. The molecule has 0 saturated carbocycles. The quantitative estimate of drug-likeness (QED) is 0.313. The largest absolute Gasteiger partial charge is 0.496 e. The molecule has 0 saturated heterocycles. The molecule has 0 aliphatic rings. The lowest BCUT2D eigenvalue weighted by atomic mass is 9.93. The fraction of sp³-hybridized carbons (Fsp3) is 0.200. The van der Waals surface area contributed by atoms with Crippen molar-refractivity contribution in [1.29, 1.82) is 0 Å². The average molecular weight is 485 g/mol. The first-order valence-electron chi connectivity index (χ1n) is 10.0. The second-order valence-electron chi connectivity index (χ2n) is 6.84. The number of carboxylic acid groups (broad SMARTS) is 1. The highest BCUT2D eigenvalue weighted by atomic mass is 32.1. The number of carbonyl (C=O) groups excluding carboxylic acids is 1. The van der Waals surface area contributed by atoms with Crippen molar-refractivity contribution in [2.75, 3.05) is 35.0 Å². The Kier molecular flexibility index (Phi) is 8.15. The topological polar surface area (TPSA) is 101 Å². The van der Waals surface area contributed by atoms with Gasteiger partial charge in [0, 0.05) is 22.1 Å².